The Kier molecular flexibility index (Phi) is 46.7. The molecule has 0 N–H and O–H groups in total. The van der Waals surface area contributed by atoms with Crippen LogP contribution in [-0.2, 0) is 28.6 Å². The van der Waals surface area contributed by atoms with Crippen molar-refractivity contribution in [3.63, 3.8) is 0 Å². The molecule has 1 atom stereocenters. The van der Waals surface area contributed by atoms with Crippen molar-refractivity contribution in [1.29, 1.82) is 0 Å². The number of allylic oxidation sites excluding steroid dienone is 21. The molecule has 0 radical (unpaired) electrons. The summed E-state index contributed by atoms with van der Waals surface area (Å²) in [6.07, 6.45) is 70.3. The average Bonchev–Trinajstić information content (AvgIpc) is 3.28. The van der Waals surface area contributed by atoms with Crippen LogP contribution < -0.4 is 0 Å². The highest BCUT2D eigenvalue weighted by Gasteiger charge is 2.19. The molecular formula is C57H88O6. The maximum atomic E-state index is 12.8. The summed E-state index contributed by atoms with van der Waals surface area (Å²) in [6, 6.07) is 0. The summed E-state index contributed by atoms with van der Waals surface area (Å²) >= 11 is 0. The van der Waals surface area contributed by atoms with Gasteiger partial charge in [-0.05, 0) is 83.5 Å². The fourth-order valence-corrected chi connectivity index (χ4v) is 6.11. The van der Waals surface area contributed by atoms with E-state index < -0.39 is 12.1 Å². The Morgan fingerprint density at radius 2 is 0.730 bits per heavy atom. The molecule has 0 saturated carbocycles. The topological polar surface area (TPSA) is 78.9 Å². The van der Waals surface area contributed by atoms with Gasteiger partial charge in [0.15, 0.2) is 6.10 Å². The molecule has 6 nitrogen and oxygen atoms in total. The summed E-state index contributed by atoms with van der Waals surface area (Å²) < 4.78 is 16.6. The van der Waals surface area contributed by atoms with Crippen LogP contribution in [-0.4, -0.2) is 37.2 Å². The maximum absolute atomic E-state index is 12.8. The highest BCUT2D eigenvalue weighted by atomic mass is 16.6. The van der Waals surface area contributed by atoms with Gasteiger partial charge in [-0.15, -0.1) is 0 Å². The van der Waals surface area contributed by atoms with Crippen LogP contribution in [0.15, 0.2) is 134 Å². The summed E-state index contributed by atoms with van der Waals surface area (Å²) in [7, 11) is 0. The predicted molar refractivity (Wildman–Crippen MR) is 269 cm³/mol. The lowest BCUT2D eigenvalue weighted by atomic mass is 10.1. The minimum Gasteiger partial charge on any atom is -0.462 e. The van der Waals surface area contributed by atoms with E-state index in [-0.39, 0.29) is 38.0 Å². The second-order valence-electron chi connectivity index (χ2n) is 15.8. The highest BCUT2D eigenvalue weighted by Crippen LogP contribution is 2.12. The molecule has 6 heteroatoms. The molecule has 63 heavy (non-hydrogen) atoms. The van der Waals surface area contributed by atoms with E-state index in [1.165, 1.54) is 38.5 Å². The van der Waals surface area contributed by atoms with Crippen molar-refractivity contribution < 1.29 is 28.6 Å². The van der Waals surface area contributed by atoms with Gasteiger partial charge in [-0.1, -0.05) is 219 Å². The molecule has 0 spiro atoms. The largest absolute Gasteiger partial charge is 0.462 e. The summed E-state index contributed by atoms with van der Waals surface area (Å²) in [5, 5.41) is 0. The van der Waals surface area contributed by atoms with E-state index >= 15 is 0 Å². The van der Waals surface area contributed by atoms with Crippen LogP contribution in [0.25, 0.3) is 0 Å². The summed E-state index contributed by atoms with van der Waals surface area (Å²) in [5.41, 5.74) is 0. The fourth-order valence-electron chi connectivity index (χ4n) is 6.11. The molecule has 0 heterocycles. The van der Waals surface area contributed by atoms with Crippen molar-refractivity contribution in [3.8, 4) is 0 Å². The lowest BCUT2D eigenvalue weighted by Crippen LogP contribution is -2.30. The number of carbonyl (C=O) groups is 3. The van der Waals surface area contributed by atoms with E-state index in [1.54, 1.807) is 6.08 Å². The molecule has 0 aliphatic carbocycles. The zero-order valence-corrected chi connectivity index (χ0v) is 40.0. The SMILES string of the molecule is CC/C=C\C/C=C\C/C=C\CC(=O)OCC(COC(=O)CCCCCCC\C=C/C=C\C=C/C=C\CCCCC)OC(=O)CCCCCCC\C=C/C=C\C=C/C=C\CCCCC. The molecule has 0 aliphatic rings. The Hall–Kier alpha value is -4.45. The standard InChI is InChI=1S/C57H88O6/c1-4-7-10-13-16-19-21-23-25-27-29-31-33-35-38-41-44-47-50-56(59)62-53-54(52-61-55(58)49-46-43-40-37-18-15-12-9-6-3)63-57(60)51-48-45-42-39-36-34-32-30-28-26-24-22-20-17-14-11-8-5-2/h9,12,16-32,37,43,46,54H,4-8,10-11,13-15,33-36,38-42,44-45,47-53H2,1-3H3/b12-9-,19-16-,20-17-,23-21-,24-22-,27-25-,28-26-,31-29-,32-30-,37-18-,46-43-. The van der Waals surface area contributed by atoms with E-state index in [4.69, 9.17) is 14.2 Å². The van der Waals surface area contributed by atoms with Crippen molar-refractivity contribution >= 4 is 17.9 Å². The third kappa shape index (κ3) is 48.4. The monoisotopic (exact) mass is 869 g/mol. The molecule has 0 amide bonds. The van der Waals surface area contributed by atoms with Crippen LogP contribution >= 0.6 is 0 Å². The lowest BCUT2D eigenvalue weighted by Gasteiger charge is -2.18. The number of rotatable bonds is 42. The second kappa shape index (κ2) is 50.2. The number of unbranched alkanes of at least 4 members (excludes halogenated alkanes) is 16. The van der Waals surface area contributed by atoms with Gasteiger partial charge in [0, 0.05) is 12.8 Å². The molecule has 0 rings (SSSR count). The molecule has 0 aromatic heterocycles. The quantitative estimate of drug-likeness (QED) is 0.0200. The minimum absolute atomic E-state index is 0.118. The van der Waals surface area contributed by atoms with Crippen molar-refractivity contribution in [2.75, 3.05) is 13.2 Å². The van der Waals surface area contributed by atoms with Gasteiger partial charge in [-0.3, -0.25) is 14.4 Å². The van der Waals surface area contributed by atoms with Crippen LogP contribution in [0, 0.1) is 0 Å². The van der Waals surface area contributed by atoms with Crippen LogP contribution in [0.3, 0.4) is 0 Å². The molecule has 0 aromatic rings. The van der Waals surface area contributed by atoms with Gasteiger partial charge in [0.1, 0.15) is 13.2 Å². The van der Waals surface area contributed by atoms with E-state index in [0.717, 1.165) is 109 Å². The number of carbonyl (C=O) groups excluding carboxylic acids is 3. The Labute approximate surface area is 385 Å². The number of hydrogen-bond donors (Lipinski definition) is 0. The maximum Gasteiger partial charge on any atom is 0.309 e. The number of hydrogen-bond acceptors (Lipinski definition) is 6. The molecule has 0 bridgehead atoms. The van der Waals surface area contributed by atoms with E-state index in [0.29, 0.717) is 6.42 Å². The average molecular weight is 869 g/mol. The van der Waals surface area contributed by atoms with Gasteiger partial charge in [0.25, 0.3) is 0 Å². The fraction of sp³-hybridized carbons (Fsp3) is 0.561. The smallest absolute Gasteiger partial charge is 0.309 e. The van der Waals surface area contributed by atoms with Gasteiger partial charge in [-0.25, -0.2) is 0 Å². The Balaban J connectivity index is 4.53. The third-order valence-electron chi connectivity index (χ3n) is 9.83. The number of ether oxygens (including phenoxy) is 3. The number of esters is 3. The first-order valence-electron chi connectivity index (χ1n) is 24.8. The van der Waals surface area contributed by atoms with E-state index in [2.05, 4.69) is 142 Å². The first-order valence-corrected chi connectivity index (χ1v) is 24.8. The van der Waals surface area contributed by atoms with Crippen LogP contribution in [0.1, 0.15) is 188 Å². The Morgan fingerprint density at radius 1 is 0.365 bits per heavy atom. The van der Waals surface area contributed by atoms with Crippen molar-refractivity contribution in [1.82, 2.24) is 0 Å². The van der Waals surface area contributed by atoms with Crippen molar-refractivity contribution in [2.24, 2.45) is 0 Å². The van der Waals surface area contributed by atoms with Gasteiger partial charge in [-0.2, -0.15) is 0 Å². The van der Waals surface area contributed by atoms with E-state index in [1.807, 2.05) is 6.08 Å². The molecule has 0 aliphatic heterocycles. The molecule has 0 fully saturated rings. The Morgan fingerprint density at radius 3 is 1.19 bits per heavy atom. The van der Waals surface area contributed by atoms with Crippen LogP contribution in [0.2, 0.25) is 0 Å². The normalized spacial score (nSPS) is 13.3. The van der Waals surface area contributed by atoms with E-state index in [9.17, 15) is 14.4 Å². The van der Waals surface area contributed by atoms with Crippen LogP contribution in [0.5, 0.6) is 0 Å². The summed E-state index contributed by atoms with van der Waals surface area (Å²) in [6.45, 7) is 6.27. The molecule has 1 unspecified atom stereocenters. The first-order chi connectivity index (χ1) is 31.0. The van der Waals surface area contributed by atoms with Gasteiger partial charge in [0.2, 0.25) is 0 Å². The summed E-state index contributed by atoms with van der Waals surface area (Å²) in [4.78, 5) is 37.8. The molecular weight excluding hydrogens is 781 g/mol. The third-order valence-corrected chi connectivity index (χ3v) is 9.83. The van der Waals surface area contributed by atoms with Gasteiger partial charge < -0.3 is 14.2 Å². The highest BCUT2D eigenvalue weighted by molar-refractivity contribution is 5.72. The molecule has 352 valence electrons. The minimum atomic E-state index is -0.840. The lowest BCUT2D eigenvalue weighted by molar-refractivity contribution is -0.166. The second-order valence-corrected chi connectivity index (χ2v) is 15.8. The molecule has 0 saturated heterocycles. The summed E-state index contributed by atoms with van der Waals surface area (Å²) in [5.74, 6) is -1.12. The van der Waals surface area contributed by atoms with Gasteiger partial charge >= 0.3 is 17.9 Å². The zero-order valence-electron chi connectivity index (χ0n) is 40.0. The predicted octanol–water partition coefficient (Wildman–Crippen LogP) is 16.3. The van der Waals surface area contributed by atoms with Crippen LogP contribution in [0.4, 0.5) is 0 Å². The first kappa shape index (κ1) is 58.6. The van der Waals surface area contributed by atoms with Crippen molar-refractivity contribution in [3.05, 3.63) is 134 Å². The van der Waals surface area contributed by atoms with Gasteiger partial charge in [0.05, 0.1) is 6.42 Å². The van der Waals surface area contributed by atoms with Crippen molar-refractivity contribution in [2.45, 2.75) is 194 Å². The molecule has 0 aromatic carbocycles. The zero-order chi connectivity index (χ0) is 45.8. The Bertz CT molecular complexity index is 1420.